The first kappa shape index (κ1) is 21.1. The lowest BCUT2D eigenvalue weighted by Gasteiger charge is -2.29. The summed E-state index contributed by atoms with van der Waals surface area (Å²) in [6, 6.07) is 23.2. The van der Waals surface area contributed by atoms with Crippen LogP contribution in [0.5, 0.6) is 28.7 Å². The number of para-hydroxylation sites is 2. The van der Waals surface area contributed by atoms with Crippen LogP contribution in [-0.4, -0.2) is 15.3 Å². The maximum atomic E-state index is 10.8. The minimum absolute atomic E-state index is 0.0998. The summed E-state index contributed by atoms with van der Waals surface area (Å²) in [4.78, 5) is 1.83. The number of phenols is 3. The summed E-state index contributed by atoms with van der Waals surface area (Å²) < 4.78 is 6.06. The lowest BCUT2D eigenvalue weighted by atomic mass is 10.1. The van der Waals surface area contributed by atoms with Gasteiger partial charge in [0.1, 0.15) is 28.7 Å². The van der Waals surface area contributed by atoms with Gasteiger partial charge in [0, 0.05) is 11.6 Å². The first-order valence-electron chi connectivity index (χ1n) is 10.3. The van der Waals surface area contributed by atoms with Crippen molar-refractivity contribution in [1.82, 2.24) is 0 Å². The molecule has 3 N–H and O–H groups in total. The summed E-state index contributed by atoms with van der Waals surface area (Å²) in [5.41, 5.74) is 4.19. The molecule has 0 amide bonds. The summed E-state index contributed by atoms with van der Waals surface area (Å²) in [6.45, 7) is 5.61. The van der Waals surface area contributed by atoms with Crippen LogP contribution in [-0.2, 0) is 0 Å². The van der Waals surface area contributed by atoms with Crippen LogP contribution in [0.2, 0.25) is 0 Å². The van der Waals surface area contributed by atoms with Crippen molar-refractivity contribution in [2.75, 3.05) is 4.90 Å². The molecule has 0 aliphatic rings. The molecule has 0 saturated heterocycles. The van der Waals surface area contributed by atoms with Crippen LogP contribution in [0.4, 0.5) is 17.1 Å². The SMILES string of the molecule is Cc1cccc(O)c1N(c1cccc(Oc2cccc(O)c2C)c1)c1c(C)cccc1O. The molecule has 162 valence electrons. The van der Waals surface area contributed by atoms with Gasteiger partial charge in [0.2, 0.25) is 0 Å². The minimum Gasteiger partial charge on any atom is -0.508 e. The van der Waals surface area contributed by atoms with Gasteiger partial charge in [-0.3, -0.25) is 0 Å². The van der Waals surface area contributed by atoms with Gasteiger partial charge in [-0.15, -0.1) is 0 Å². The second-order valence-corrected chi connectivity index (χ2v) is 7.72. The van der Waals surface area contributed by atoms with Gasteiger partial charge in [0.05, 0.1) is 17.1 Å². The molecular weight excluding hydrogens is 402 g/mol. The van der Waals surface area contributed by atoms with Crippen molar-refractivity contribution in [3.05, 3.63) is 95.6 Å². The van der Waals surface area contributed by atoms with Gasteiger partial charge in [-0.2, -0.15) is 0 Å². The normalized spacial score (nSPS) is 10.7. The van der Waals surface area contributed by atoms with Crippen molar-refractivity contribution in [3.63, 3.8) is 0 Å². The van der Waals surface area contributed by atoms with Crippen LogP contribution in [0.3, 0.4) is 0 Å². The van der Waals surface area contributed by atoms with Crippen LogP contribution in [0.1, 0.15) is 16.7 Å². The predicted molar refractivity (Wildman–Crippen MR) is 127 cm³/mol. The van der Waals surface area contributed by atoms with E-state index in [4.69, 9.17) is 4.74 Å². The zero-order chi connectivity index (χ0) is 22.8. The van der Waals surface area contributed by atoms with E-state index in [1.165, 1.54) is 0 Å². The Hall–Kier alpha value is -4.12. The summed E-state index contributed by atoms with van der Waals surface area (Å²) in [7, 11) is 0. The molecule has 0 aromatic heterocycles. The number of anilines is 3. The van der Waals surface area contributed by atoms with Crippen molar-refractivity contribution in [2.24, 2.45) is 0 Å². The molecule has 4 aromatic rings. The highest BCUT2D eigenvalue weighted by atomic mass is 16.5. The summed E-state index contributed by atoms with van der Waals surface area (Å²) in [5.74, 6) is 1.47. The highest BCUT2D eigenvalue weighted by molar-refractivity contribution is 5.86. The van der Waals surface area contributed by atoms with Crippen molar-refractivity contribution in [3.8, 4) is 28.7 Å². The van der Waals surface area contributed by atoms with E-state index in [2.05, 4.69) is 0 Å². The summed E-state index contributed by atoms with van der Waals surface area (Å²) in [5, 5.41) is 31.5. The molecule has 4 aromatic carbocycles. The van der Waals surface area contributed by atoms with Crippen LogP contribution in [0, 0.1) is 20.8 Å². The van der Waals surface area contributed by atoms with Gasteiger partial charge in [-0.1, -0.05) is 36.4 Å². The third kappa shape index (κ3) is 3.93. The Balaban J connectivity index is 1.88. The van der Waals surface area contributed by atoms with E-state index in [0.29, 0.717) is 34.1 Å². The molecule has 0 aliphatic carbocycles. The van der Waals surface area contributed by atoms with Gasteiger partial charge in [0.15, 0.2) is 0 Å². The zero-order valence-electron chi connectivity index (χ0n) is 18.2. The Morgan fingerprint density at radius 1 is 0.625 bits per heavy atom. The Labute approximate surface area is 187 Å². The lowest BCUT2D eigenvalue weighted by molar-refractivity contribution is 0.448. The number of nitrogens with zero attached hydrogens (tertiary/aromatic N) is 1. The van der Waals surface area contributed by atoms with Crippen molar-refractivity contribution >= 4 is 17.1 Å². The molecule has 0 radical (unpaired) electrons. The molecule has 0 heterocycles. The quantitative estimate of drug-likeness (QED) is 0.320. The van der Waals surface area contributed by atoms with E-state index in [-0.39, 0.29) is 17.2 Å². The average molecular weight is 428 g/mol. The fourth-order valence-corrected chi connectivity index (χ4v) is 3.77. The largest absolute Gasteiger partial charge is 0.508 e. The van der Waals surface area contributed by atoms with Gasteiger partial charge in [-0.05, 0) is 68.3 Å². The smallest absolute Gasteiger partial charge is 0.139 e. The number of hydrogen-bond donors (Lipinski definition) is 3. The first-order valence-corrected chi connectivity index (χ1v) is 10.3. The molecule has 0 atom stereocenters. The average Bonchev–Trinajstić information content (AvgIpc) is 2.76. The fourth-order valence-electron chi connectivity index (χ4n) is 3.77. The third-order valence-electron chi connectivity index (χ3n) is 5.44. The predicted octanol–water partition coefficient (Wildman–Crippen LogP) is 6.99. The Bertz CT molecular complexity index is 1190. The minimum atomic E-state index is 0.0998. The van der Waals surface area contributed by atoms with Crippen LogP contribution >= 0.6 is 0 Å². The van der Waals surface area contributed by atoms with E-state index in [9.17, 15) is 15.3 Å². The molecular formula is C27H25NO4. The summed E-state index contributed by atoms with van der Waals surface area (Å²) in [6.07, 6.45) is 0. The van der Waals surface area contributed by atoms with E-state index < -0.39 is 0 Å². The molecule has 5 nitrogen and oxygen atoms in total. The maximum Gasteiger partial charge on any atom is 0.139 e. The third-order valence-corrected chi connectivity index (χ3v) is 5.44. The van der Waals surface area contributed by atoms with Gasteiger partial charge < -0.3 is 25.0 Å². The van der Waals surface area contributed by atoms with E-state index in [1.807, 2.05) is 55.1 Å². The van der Waals surface area contributed by atoms with E-state index in [1.54, 1.807) is 49.4 Å². The van der Waals surface area contributed by atoms with Gasteiger partial charge in [-0.25, -0.2) is 0 Å². The highest BCUT2D eigenvalue weighted by Crippen LogP contribution is 2.47. The molecule has 0 fully saturated rings. The van der Waals surface area contributed by atoms with Crippen molar-refractivity contribution in [2.45, 2.75) is 20.8 Å². The summed E-state index contributed by atoms with van der Waals surface area (Å²) >= 11 is 0. The molecule has 32 heavy (non-hydrogen) atoms. The molecule has 5 heteroatoms. The number of hydrogen-bond acceptors (Lipinski definition) is 5. The molecule has 0 bridgehead atoms. The number of aromatic hydroxyl groups is 3. The number of aryl methyl sites for hydroxylation is 2. The molecule has 0 aliphatic heterocycles. The molecule has 0 saturated carbocycles. The number of benzene rings is 4. The Morgan fingerprint density at radius 2 is 1.16 bits per heavy atom. The maximum absolute atomic E-state index is 10.8. The van der Waals surface area contributed by atoms with Gasteiger partial charge >= 0.3 is 0 Å². The van der Waals surface area contributed by atoms with Crippen LogP contribution in [0.25, 0.3) is 0 Å². The van der Waals surface area contributed by atoms with E-state index >= 15 is 0 Å². The van der Waals surface area contributed by atoms with Gasteiger partial charge in [0.25, 0.3) is 0 Å². The lowest BCUT2D eigenvalue weighted by Crippen LogP contribution is -2.13. The van der Waals surface area contributed by atoms with Crippen LogP contribution < -0.4 is 9.64 Å². The molecule has 4 rings (SSSR count). The molecule has 0 unspecified atom stereocenters. The highest BCUT2D eigenvalue weighted by Gasteiger charge is 2.23. The topological polar surface area (TPSA) is 73.2 Å². The van der Waals surface area contributed by atoms with Crippen LogP contribution in [0.15, 0.2) is 78.9 Å². The second-order valence-electron chi connectivity index (χ2n) is 7.72. The fraction of sp³-hybridized carbons (Fsp3) is 0.111. The monoisotopic (exact) mass is 427 g/mol. The molecule has 0 spiro atoms. The first-order chi connectivity index (χ1) is 15.4. The second kappa shape index (κ2) is 8.55. The standard InChI is InChI=1S/C27H25NO4/c1-17-8-4-13-23(30)26(17)28(27-18(2)9-5-14-24(27)31)20-10-6-11-21(16-20)32-25-15-7-12-22(29)19(25)3/h4-16,29-31H,1-3H3. The van der Waals surface area contributed by atoms with Crippen molar-refractivity contribution in [1.29, 1.82) is 0 Å². The van der Waals surface area contributed by atoms with Crippen molar-refractivity contribution < 1.29 is 20.1 Å². The Morgan fingerprint density at radius 3 is 1.75 bits per heavy atom. The number of ether oxygens (including phenoxy) is 1. The van der Waals surface area contributed by atoms with E-state index in [0.717, 1.165) is 11.1 Å². The number of phenolic OH excluding ortho intramolecular Hbond substituents is 3. The zero-order valence-corrected chi connectivity index (χ0v) is 18.2. The number of rotatable bonds is 5. The Kier molecular flexibility index (Phi) is 5.65.